The topological polar surface area (TPSA) is 78.9 Å². The van der Waals surface area contributed by atoms with Gasteiger partial charge in [-0.3, -0.25) is 14.4 Å². The molecule has 6 nitrogen and oxygen atoms in total. The van der Waals surface area contributed by atoms with Gasteiger partial charge in [-0.05, 0) is 83.5 Å². The zero-order valence-corrected chi connectivity index (χ0v) is 38.2. The van der Waals surface area contributed by atoms with Gasteiger partial charge in [0.25, 0.3) is 0 Å². The Hall–Kier alpha value is -3.41. The van der Waals surface area contributed by atoms with Crippen LogP contribution in [0.25, 0.3) is 0 Å². The van der Waals surface area contributed by atoms with Crippen molar-refractivity contribution < 1.29 is 28.6 Å². The molecule has 0 aliphatic heterocycles. The van der Waals surface area contributed by atoms with Gasteiger partial charge in [0.2, 0.25) is 0 Å². The van der Waals surface area contributed by atoms with Gasteiger partial charge >= 0.3 is 17.9 Å². The molecule has 0 aliphatic carbocycles. The maximum absolute atomic E-state index is 12.7. The van der Waals surface area contributed by atoms with Crippen molar-refractivity contribution in [2.75, 3.05) is 13.2 Å². The summed E-state index contributed by atoms with van der Waals surface area (Å²) in [5, 5.41) is 0. The van der Waals surface area contributed by atoms with Gasteiger partial charge < -0.3 is 14.2 Å². The smallest absolute Gasteiger partial charge is 0.306 e. The van der Waals surface area contributed by atoms with Gasteiger partial charge in [-0.25, -0.2) is 0 Å². The molecule has 0 spiro atoms. The summed E-state index contributed by atoms with van der Waals surface area (Å²) in [6.45, 7) is 6.40. The van der Waals surface area contributed by atoms with Crippen molar-refractivity contribution >= 4 is 17.9 Å². The third-order valence-corrected chi connectivity index (χ3v) is 9.90. The number of carbonyl (C=O) groups is 3. The second kappa shape index (κ2) is 47.3. The second-order valence-corrected chi connectivity index (χ2v) is 15.6. The number of rotatable bonds is 42. The van der Waals surface area contributed by atoms with Crippen molar-refractivity contribution in [3.05, 3.63) is 85.1 Å². The van der Waals surface area contributed by atoms with E-state index in [1.807, 2.05) is 12.2 Å². The van der Waals surface area contributed by atoms with E-state index in [1.165, 1.54) is 77.0 Å². The van der Waals surface area contributed by atoms with Crippen LogP contribution in [0.3, 0.4) is 0 Å². The van der Waals surface area contributed by atoms with Crippen LogP contribution in [0.1, 0.15) is 213 Å². The highest BCUT2D eigenvalue weighted by molar-refractivity contribution is 5.71. The Morgan fingerprint density at radius 3 is 1.17 bits per heavy atom. The third-order valence-electron chi connectivity index (χ3n) is 9.90. The first-order chi connectivity index (χ1) is 29.0. The minimum absolute atomic E-state index is 0.102. The standard InChI is InChI=1S/C53H88O6/c1-4-7-10-13-16-19-22-24-25-26-27-28-29-30-32-34-37-40-43-46-52(55)58-49-50(48-57-51(54)45-42-39-36-33-21-18-15-12-9-6-3)59-53(56)47-44-41-38-35-31-23-20-17-14-11-8-5-2/h7,10,16-17,19-20,24-25,27-28,30,32,37,40,50H,4-6,8-9,11-15,18,21-23,26,29,31,33-36,38-39,41-49H2,1-3H3/b10-7-,19-16-,20-17-,25-24-,28-27-,32-30-,40-37-. The molecule has 0 saturated heterocycles. The van der Waals surface area contributed by atoms with E-state index in [1.54, 1.807) is 0 Å². The molecule has 0 N–H and O–H groups in total. The van der Waals surface area contributed by atoms with Gasteiger partial charge in [-0.15, -0.1) is 0 Å². The molecule has 0 saturated carbocycles. The third kappa shape index (κ3) is 45.5. The van der Waals surface area contributed by atoms with Crippen LogP contribution in [0.5, 0.6) is 0 Å². The first kappa shape index (κ1) is 55.6. The number of ether oxygens (including phenoxy) is 3. The number of hydrogen-bond donors (Lipinski definition) is 0. The van der Waals surface area contributed by atoms with Crippen LogP contribution in [0.4, 0.5) is 0 Å². The Balaban J connectivity index is 4.48. The van der Waals surface area contributed by atoms with Crippen LogP contribution in [-0.4, -0.2) is 37.2 Å². The highest BCUT2D eigenvalue weighted by atomic mass is 16.6. The summed E-state index contributed by atoms with van der Waals surface area (Å²) in [6.07, 6.45) is 60.1. The second-order valence-electron chi connectivity index (χ2n) is 15.6. The number of esters is 3. The molecule has 0 rings (SSSR count). The van der Waals surface area contributed by atoms with Crippen molar-refractivity contribution in [1.29, 1.82) is 0 Å². The van der Waals surface area contributed by atoms with Crippen molar-refractivity contribution in [2.24, 2.45) is 0 Å². The molecule has 0 fully saturated rings. The number of allylic oxidation sites excluding steroid dienone is 14. The van der Waals surface area contributed by atoms with Crippen LogP contribution < -0.4 is 0 Å². The summed E-state index contributed by atoms with van der Waals surface area (Å²) in [5.41, 5.74) is 0. The Kier molecular flexibility index (Phi) is 44.5. The summed E-state index contributed by atoms with van der Waals surface area (Å²) >= 11 is 0. The SMILES string of the molecule is CC/C=C\C/C=C\C/C=C\C/C=C\C/C=C\C/C=C\CCC(=O)OCC(COC(=O)CCCCCCCCCCCC)OC(=O)CCCCCCC/C=C\CCCCC. The van der Waals surface area contributed by atoms with E-state index in [2.05, 4.69) is 93.7 Å². The lowest BCUT2D eigenvalue weighted by Crippen LogP contribution is -2.30. The molecule has 6 heteroatoms. The van der Waals surface area contributed by atoms with Crippen LogP contribution in [0, 0.1) is 0 Å². The minimum atomic E-state index is -0.807. The summed E-state index contributed by atoms with van der Waals surface area (Å²) in [5.74, 6) is -1.01. The van der Waals surface area contributed by atoms with Crippen LogP contribution in [-0.2, 0) is 28.6 Å². The Morgan fingerprint density at radius 1 is 0.356 bits per heavy atom. The molecule has 0 amide bonds. The number of carbonyl (C=O) groups excluding carboxylic acids is 3. The first-order valence-electron chi connectivity index (χ1n) is 24.1. The molecule has 1 atom stereocenters. The lowest BCUT2D eigenvalue weighted by Gasteiger charge is -2.18. The quantitative estimate of drug-likeness (QED) is 0.0264. The minimum Gasteiger partial charge on any atom is -0.462 e. The van der Waals surface area contributed by atoms with Crippen molar-refractivity contribution in [2.45, 2.75) is 219 Å². The largest absolute Gasteiger partial charge is 0.462 e. The molecule has 336 valence electrons. The first-order valence-corrected chi connectivity index (χ1v) is 24.1. The van der Waals surface area contributed by atoms with E-state index in [-0.39, 0.29) is 37.5 Å². The van der Waals surface area contributed by atoms with E-state index < -0.39 is 6.10 Å². The molecule has 0 aromatic rings. The fourth-order valence-electron chi connectivity index (χ4n) is 6.28. The lowest BCUT2D eigenvalue weighted by atomic mass is 10.1. The molecule has 0 aromatic carbocycles. The van der Waals surface area contributed by atoms with Crippen LogP contribution in [0.15, 0.2) is 85.1 Å². The zero-order chi connectivity index (χ0) is 43.0. The van der Waals surface area contributed by atoms with E-state index >= 15 is 0 Å². The van der Waals surface area contributed by atoms with Crippen molar-refractivity contribution in [3.63, 3.8) is 0 Å². The van der Waals surface area contributed by atoms with E-state index in [9.17, 15) is 14.4 Å². The monoisotopic (exact) mass is 821 g/mol. The Labute approximate surface area is 363 Å². The fourth-order valence-corrected chi connectivity index (χ4v) is 6.28. The van der Waals surface area contributed by atoms with Gasteiger partial charge in [0.1, 0.15) is 13.2 Å². The summed E-state index contributed by atoms with van der Waals surface area (Å²) in [6, 6.07) is 0. The average Bonchev–Trinajstić information content (AvgIpc) is 3.23. The average molecular weight is 821 g/mol. The molecule has 0 heterocycles. The van der Waals surface area contributed by atoms with E-state index in [4.69, 9.17) is 14.2 Å². The fraction of sp³-hybridized carbons (Fsp3) is 0.679. The van der Waals surface area contributed by atoms with Gasteiger partial charge in [0.05, 0.1) is 0 Å². The van der Waals surface area contributed by atoms with Gasteiger partial charge in [-0.2, -0.15) is 0 Å². The summed E-state index contributed by atoms with van der Waals surface area (Å²) in [7, 11) is 0. The molecule has 0 aliphatic rings. The predicted molar refractivity (Wildman–Crippen MR) is 251 cm³/mol. The Morgan fingerprint density at radius 2 is 0.695 bits per heavy atom. The molecular formula is C53H88O6. The highest BCUT2D eigenvalue weighted by Gasteiger charge is 2.19. The molecule has 0 aromatic heterocycles. The summed E-state index contributed by atoms with van der Waals surface area (Å²) < 4.78 is 16.6. The molecule has 1 unspecified atom stereocenters. The van der Waals surface area contributed by atoms with Gasteiger partial charge in [-0.1, -0.05) is 196 Å². The molecule has 59 heavy (non-hydrogen) atoms. The highest BCUT2D eigenvalue weighted by Crippen LogP contribution is 2.13. The van der Waals surface area contributed by atoms with Crippen LogP contribution >= 0.6 is 0 Å². The maximum Gasteiger partial charge on any atom is 0.306 e. The summed E-state index contributed by atoms with van der Waals surface area (Å²) in [4.78, 5) is 37.8. The number of hydrogen-bond acceptors (Lipinski definition) is 6. The Bertz CT molecular complexity index is 1170. The normalized spacial score (nSPS) is 12.8. The zero-order valence-electron chi connectivity index (χ0n) is 38.2. The van der Waals surface area contributed by atoms with Crippen molar-refractivity contribution in [1.82, 2.24) is 0 Å². The molecule has 0 bridgehead atoms. The predicted octanol–water partition coefficient (Wildman–Crippen LogP) is 15.6. The van der Waals surface area contributed by atoms with Gasteiger partial charge in [0, 0.05) is 19.3 Å². The maximum atomic E-state index is 12.7. The van der Waals surface area contributed by atoms with Gasteiger partial charge in [0.15, 0.2) is 6.10 Å². The van der Waals surface area contributed by atoms with Crippen molar-refractivity contribution in [3.8, 4) is 0 Å². The molecule has 0 radical (unpaired) electrons. The van der Waals surface area contributed by atoms with Crippen LogP contribution in [0.2, 0.25) is 0 Å². The number of unbranched alkanes of at least 4 members (excludes halogenated alkanes) is 17. The molecular weight excluding hydrogens is 733 g/mol. The van der Waals surface area contributed by atoms with E-state index in [0.29, 0.717) is 19.3 Å². The van der Waals surface area contributed by atoms with E-state index in [0.717, 1.165) is 89.9 Å². The lowest BCUT2D eigenvalue weighted by molar-refractivity contribution is -0.166.